The SMILES string of the molecule is COC(=O)c1cccc(Oc2ccc(Nc3ccn(C(C)C)c(=O)c3Cc3ccc(C)cc3)cc2)n1. The molecule has 0 spiro atoms. The van der Waals surface area contributed by atoms with Crippen LogP contribution in [0.3, 0.4) is 0 Å². The van der Waals surface area contributed by atoms with E-state index in [1.54, 1.807) is 34.9 Å². The normalized spacial score (nSPS) is 10.8. The van der Waals surface area contributed by atoms with E-state index in [-0.39, 0.29) is 23.2 Å². The van der Waals surface area contributed by atoms with Gasteiger partial charge in [-0.3, -0.25) is 4.79 Å². The smallest absolute Gasteiger partial charge is 0.356 e. The average molecular weight is 484 g/mol. The van der Waals surface area contributed by atoms with Crippen molar-refractivity contribution in [2.75, 3.05) is 12.4 Å². The van der Waals surface area contributed by atoms with E-state index in [1.807, 2.05) is 45.2 Å². The standard InChI is InChI=1S/C29H29N3O4/c1-19(2)32-17-16-25(24(28(32)33)18-21-10-8-20(3)9-11-21)30-22-12-14-23(15-13-22)36-27-7-5-6-26(31-27)29(34)35-4/h5-17,19,30H,18H2,1-4H3. The minimum atomic E-state index is -0.527. The van der Waals surface area contributed by atoms with Gasteiger partial charge in [-0.1, -0.05) is 35.9 Å². The molecule has 0 aliphatic heterocycles. The van der Waals surface area contributed by atoms with Gasteiger partial charge in [0.2, 0.25) is 5.88 Å². The maximum atomic E-state index is 13.3. The molecule has 0 unspecified atom stereocenters. The summed E-state index contributed by atoms with van der Waals surface area (Å²) in [5, 5.41) is 3.39. The van der Waals surface area contributed by atoms with E-state index in [2.05, 4.69) is 34.6 Å². The van der Waals surface area contributed by atoms with E-state index in [9.17, 15) is 9.59 Å². The van der Waals surface area contributed by atoms with Gasteiger partial charge in [-0.05, 0) is 62.7 Å². The highest BCUT2D eigenvalue weighted by Crippen LogP contribution is 2.26. The zero-order valence-electron chi connectivity index (χ0n) is 20.8. The Hall–Kier alpha value is -4.39. The van der Waals surface area contributed by atoms with Gasteiger partial charge in [0.1, 0.15) is 5.75 Å². The predicted molar refractivity (Wildman–Crippen MR) is 140 cm³/mol. The van der Waals surface area contributed by atoms with Gasteiger partial charge in [0, 0.05) is 41.7 Å². The van der Waals surface area contributed by atoms with Crippen LogP contribution in [0.15, 0.2) is 83.8 Å². The lowest BCUT2D eigenvalue weighted by Crippen LogP contribution is -2.26. The van der Waals surface area contributed by atoms with Crippen molar-refractivity contribution in [1.29, 1.82) is 0 Å². The summed E-state index contributed by atoms with van der Waals surface area (Å²) in [4.78, 5) is 29.2. The van der Waals surface area contributed by atoms with E-state index < -0.39 is 5.97 Å². The summed E-state index contributed by atoms with van der Waals surface area (Å²) < 4.78 is 12.2. The first kappa shape index (κ1) is 24.7. The van der Waals surface area contributed by atoms with Crippen LogP contribution in [0.2, 0.25) is 0 Å². The van der Waals surface area contributed by atoms with Crippen molar-refractivity contribution >= 4 is 17.3 Å². The number of nitrogens with zero attached hydrogens (tertiary/aromatic N) is 2. The topological polar surface area (TPSA) is 82.5 Å². The van der Waals surface area contributed by atoms with Gasteiger partial charge in [0.25, 0.3) is 5.56 Å². The summed E-state index contributed by atoms with van der Waals surface area (Å²) >= 11 is 0. The maximum absolute atomic E-state index is 13.3. The molecule has 0 radical (unpaired) electrons. The third kappa shape index (κ3) is 5.81. The zero-order valence-corrected chi connectivity index (χ0v) is 20.8. The molecule has 2 aromatic heterocycles. The summed E-state index contributed by atoms with van der Waals surface area (Å²) in [6.07, 6.45) is 2.35. The van der Waals surface area contributed by atoms with Crippen molar-refractivity contribution in [2.45, 2.75) is 33.2 Å². The number of rotatable bonds is 8. The fourth-order valence-electron chi connectivity index (χ4n) is 3.77. The molecule has 0 saturated heterocycles. The molecular weight excluding hydrogens is 454 g/mol. The van der Waals surface area contributed by atoms with Crippen LogP contribution in [0.4, 0.5) is 11.4 Å². The predicted octanol–water partition coefficient (Wildman–Crippen LogP) is 6.05. The number of aryl methyl sites for hydroxylation is 1. The lowest BCUT2D eigenvalue weighted by Gasteiger charge is -2.17. The maximum Gasteiger partial charge on any atom is 0.356 e. The van der Waals surface area contributed by atoms with Crippen molar-refractivity contribution in [3.63, 3.8) is 0 Å². The van der Waals surface area contributed by atoms with Crippen molar-refractivity contribution in [2.24, 2.45) is 0 Å². The Labute approximate surface area is 210 Å². The molecular formula is C29H29N3O4. The van der Waals surface area contributed by atoms with Gasteiger partial charge in [-0.25, -0.2) is 9.78 Å². The molecule has 0 aliphatic rings. The van der Waals surface area contributed by atoms with Crippen LogP contribution in [0.25, 0.3) is 0 Å². The molecule has 2 heterocycles. The molecule has 7 nitrogen and oxygen atoms in total. The number of carbonyl (C=O) groups excluding carboxylic acids is 1. The van der Waals surface area contributed by atoms with Crippen LogP contribution in [0.5, 0.6) is 11.6 Å². The molecule has 0 atom stereocenters. The minimum Gasteiger partial charge on any atom is -0.464 e. The van der Waals surface area contributed by atoms with Crippen LogP contribution in [-0.4, -0.2) is 22.6 Å². The lowest BCUT2D eigenvalue weighted by atomic mass is 10.0. The number of aromatic nitrogens is 2. The van der Waals surface area contributed by atoms with Gasteiger partial charge < -0.3 is 19.4 Å². The van der Waals surface area contributed by atoms with Gasteiger partial charge in [-0.2, -0.15) is 0 Å². The van der Waals surface area contributed by atoms with Crippen LogP contribution in [0.1, 0.15) is 47.1 Å². The average Bonchev–Trinajstić information content (AvgIpc) is 2.88. The number of hydrogen-bond donors (Lipinski definition) is 1. The van der Waals surface area contributed by atoms with E-state index in [1.165, 1.54) is 12.7 Å². The summed E-state index contributed by atoms with van der Waals surface area (Å²) in [5.41, 5.74) is 4.70. The zero-order chi connectivity index (χ0) is 25.7. The van der Waals surface area contributed by atoms with Crippen molar-refractivity contribution in [1.82, 2.24) is 9.55 Å². The van der Waals surface area contributed by atoms with Gasteiger partial charge in [-0.15, -0.1) is 0 Å². The Bertz CT molecular complexity index is 1410. The first-order chi connectivity index (χ1) is 17.3. The van der Waals surface area contributed by atoms with Crippen LogP contribution in [0, 0.1) is 6.92 Å². The third-order valence-electron chi connectivity index (χ3n) is 5.75. The highest BCUT2D eigenvalue weighted by atomic mass is 16.5. The van der Waals surface area contributed by atoms with Crippen molar-refractivity contribution in [3.05, 3.63) is 112 Å². The second-order valence-electron chi connectivity index (χ2n) is 8.78. The number of ether oxygens (including phenoxy) is 2. The second kappa shape index (κ2) is 10.9. The molecule has 0 aliphatic carbocycles. The number of hydrogen-bond acceptors (Lipinski definition) is 6. The van der Waals surface area contributed by atoms with Gasteiger partial charge >= 0.3 is 5.97 Å². The first-order valence-corrected chi connectivity index (χ1v) is 11.7. The lowest BCUT2D eigenvalue weighted by molar-refractivity contribution is 0.0593. The Kier molecular flexibility index (Phi) is 7.49. The summed E-state index contributed by atoms with van der Waals surface area (Å²) in [6, 6.07) is 22.5. The molecule has 0 amide bonds. The second-order valence-corrected chi connectivity index (χ2v) is 8.78. The first-order valence-electron chi connectivity index (χ1n) is 11.7. The fourth-order valence-corrected chi connectivity index (χ4v) is 3.77. The number of carbonyl (C=O) groups is 1. The monoisotopic (exact) mass is 483 g/mol. The third-order valence-corrected chi connectivity index (χ3v) is 5.75. The molecule has 7 heteroatoms. The summed E-state index contributed by atoms with van der Waals surface area (Å²) in [7, 11) is 1.31. The van der Waals surface area contributed by atoms with Crippen LogP contribution >= 0.6 is 0 Å². The highest BCUT2D eigenvalue weighted by molar-refractivity contribution is 5.87. The van der Waals surface area contributed by atoms with Crippen LogP contribution < -0.4 is 15.6 Å². The molecule has 36 heavy (non-hydrogen) atoms. The summed E-state index contributed by atoms with van der Waals surface area (Å²) in [5.74, 6) is 0.322. The molecule has 0 fully saturated rings. The minimum absolute atomic E-state index is 0.00732. The molecule has 1 N–H and O–H groups in total. The largest absolute Gasteiger partial charge is 0.464 e. The summed E-state index contributed by atoms with van der Waals surface area (Å²) in [6.45, 7) is 6.04. The van der Waals surface area contributed by atoms with E-state index in [0.717, 1.165) is 16.9 Å². The Morgan fingerprint density at radius 2 is 1.72 bits per heavy atom. The molecule has 4 rings (SSSR count). The molecule has 184 valence electrons. The molecule has 0 bridgehead atoms. The molecule has 0 saturated carbocycles. The number of benzene rings is 2. The fraction of sp³-hybridized carbons (Fsp3) is 0.207. The van der Waals surface area contributed by atoms with E-state index >= 15 is 0 Å². The van der Waals surface area contributed by atoms with Crippen LogP contribution in [-0.2, 0) is 11.2 Å². The Morgan fingerprint density at radius 1 is 1.00 bits per heavy atom. The number of esters is 1. The van der Waals surface area contributed by atoms with E-state index in [0.29, 0.717) is 17.7 Å². The van der Waals surface area contributed by atoms with Gasteiger partial charge in [0.05, 0.1) is 7.11 Å². The number of anilines is 2. The van der Waals surface area contributed by atoms with Gasteiger partial charge in [0.15, 0.2) is 5.69 Å². The van der Waals surface area contributed by atoms with Crippen molar-refractivity contribution < 1.29 is 14.3 Å². The highest BCUT2D eigenvalue weighted by Gasteiger charge is 2.14. The Morgan fingerprint density at radius 3 is 2.39 bits per heavy atom. The quantitative estimate of drug-likeness (QED) is 0.308. The van der Waals surface area contributed by atoms with E-state index in [4.69, 9.17) is 9.47 Å². The molecule has 2 aromatic carbocycles. The number of methoxy groups -OCH3 is 1. The Balaban J connectivity index is 1.56. The van der Waals surface area contributed by atoms with Crippen molar-refractivity contribution in [3.8, 4) is 11.6 Å². The number of pyridine rings is 2. The number of nitrogens with one attached hydrogen (secondary N) is 1. The molecule has 4 aromatic rings.